The minimum Gasteiger partial charge on any atom is -0.423 e. The third-order valence-corrected chi connectivity index (χ3v) is 3.95. The summed E-state index contributed by atoms with van der Waals surface area (Å²) < 4.78 is 20.2. The van der Waals surface area contributed by atoms with Crippen LogP contribution in [0.4, 0.5) is 4.39 Å². The molecule has 0 unspecified atom stereocenters. The van der Waals surface area contributed by atoms with Gasteiger partial charge in [0.2, 0.25) is 4.77 Å². The molecule has 0 spiro atoms. The summed E-state index contributed by atoms with van der Waals surface area (Å²) in [4.78, 5) is 12.0. The first-order valence-electron chi connectivity index (χ1n) is 8.35. The summed E-state index contributed by atoms with van der Waals surface area (Å²) in [5, 5.41) is 11.2. The van der Waals surface area contributed by atoms with Gasteiger partial charge in [-0.1, -0.05) is 6.92 Å². The van der Waals surface area contributed by atoms with Crippen molar-refractivity contribution in [2.45, 2.75) is 19.8 Å². The summed E-state index contributed by atoms with van der Waals surface area (Å²) in [6.45, 7) is 2.05. The first kappa shape index (κ1) is 18.7. The highest BCUT2D eigenvalue weighted by Gasteiger charge is 2.08. The standard InChI is InChI=1S/C19H17FN4O2S/c1-2-3-17-22-23-19(27)24(17)21-12-13-4-10-16(11-5-13)26-18(25)14-6-8-15(20)9-7-14/h4-12H,2-3H2,1H3,(H,23,27)/b21-12-. The van der Waals surface area contributed by atoms with Crippen molar-refractivity contribution in [3.63, 3.8) is 0 Å². The summed E-state index contributed by atoms with van der Waals surface area (Å²) in [5.74, 6) is 0.192. The van der Waals surface area contributed by atoms with E-state index >= 15 is 0 Å². The maximum Gasteiger partial charge on any atom is 0.343 e. The number of carbonyl (C=O) groups excluding carboxylic acids is 1. The Morgan fingerprint density at radius 1 is 1.26 bits per heavy atom. The minimum absolute atomic E-state index is 0.278. The lowest BCUT2D eigenvalue weighted by Crippen LogP contribution is -2.08. The van der Waals surface area contributed by atoms with Crippen LogP contribution in [0.15, 0.2) is 53.6 Å². The molecule has 1 aromatic heterocycles. The van der Waals surface area contributed by atoms with Crippen molar-refractivity contribution < 1.29 is 13.9 Å². The summed E-state index contributed by atoms with van der Waals surface area (Å²) in [5.41, 5.74) is 1.09. The molecule has 1 heterocycles. The Labute approximate surface area is 160 Å². The van der Waals surface area contributed by atoms with Crippen molar-refractivity contribution in [3.05, 3.63) is 76.1 Å². The zero-order chi connectivity index (χ0) is 19.2. The molecule has 0 aliphatic heterocycles. The smallest absolute Gasteiger partial charge is 0.343 e. The van der Waals surface area contributed by atoms with Gasteiger partial charge in [0.25, 0.3) is 0 Å². The number of nitrogens with one attached hydrogen (secondary N) is 1. The lowest BCUT2D eigenvalue weighted by Gasteiger charge is -2.04. The van der Waals surface area contributed by atoms with Gasteiger partial charge in [-0.15, -0.1) is 0 Å². The molecule has 27 heavy (non-hydrogen) atoms. The van der Waals surface area contributed by atoms with Crippen LogP contribution in [0.2, 0.25) is 0 Å². The molecule has 0 atom stereocenters. The van der Waals surface area contributed by atoms with E-state index in [4.69, 9.17) is 17.0 Å². The Bertz CT molecular complexity index is 1010. The third kappa shape index (κ3) is 4.73. The molecule has 1 N–H and O–H groups in total. The zero-order valence-corrected chi connectivity index (χ0v) is 15.4. The monoisotopic (exact) mass is 384 g/mol. The van der Waals surface area contributed by atoms with Crippen molar-refractivity contribution in [1.82, 2.24) is 14.9 Å². The van der Waals surface area contributed by atoms with Crippen molar-refractivity contribution in [1.29, 1.82) is 0 Å². The number of H-pyrrole nitrogens is 1. The van der Waals surface area contributed by atoms with Crippen LogP contribution in [-0.4, -0.2) is 27.1 Å². The quantitative estimate of drug-likeness (QED) is 0.300. The molecule has 6 nitrogen and oxygen atoms in total. The molecule has 0 amide bonds. The second kappa shape index (κ2) is 8.50. The van der Waals surface area contributed by atoms with Gasteiger partial charge >= 0.3 is 5.97 Å². The Balaban J connectivity index is 1.68. The van der Waals surface area contributed by atoms with Crippen LogP contribution in [0.3, 0.4) is 0 Å². The number of hydrogen-bond donors (Lipinski definition) is 1. The maximum absolute atomic E-state index is 12.9. The number of benzene rings is 2. The van der Waals surface area contributed by atoms with E-state index in [9.17, 15) is 9.18 Å². The fourth-order valence-corrected chi connectivity index (χ4v) is 2.53. The predicted octanol–water partition coefficient (Wildman–Crippen LogP) is 4.13. The number of aromatic amines is 1. The summed E-state index contributed by atoms with van der Waals surface area (Å²) in [6.07, 6.45) is 3.35. The number of carbonyl (C=O) groups is 1. The number of ether oxygens (including phenoxy) is 1. The van der Waals surface area contributed by atoms with Gasteiger partial charge in [0.05, 0.1) is 11.8 Å². The molecule has 0 aliphatic rings. The predicted molar refractivity (Wildman–Crippen MR) is 102 cm³/mol. The second-order valence-electron chi connectivity index (χ2n) is 5.72. The molecule has 2 aromatic carbocycles. The molecule has 3 aromatic rings. The molecular formula is C19H17FN4O2S. The van der Waals surface area contributed by atoms with Gasteiger partial charge in [-0.2, -0.15) is 14.9 Å². The lowest BCUT2D eigenvalue weighted by molar-refractivity contribution is 0.0734. The van der Waals surface area contributed by atoms with E-state index in [1.165, 1.54) is 24.3 Å². The molecule has 8 heteroatoms. The highest BCUT2D eigenvalue weighted by atomic mass is 32.1. The third-order valence-electron chi connectivity index (χ3n) is 3.68. The Morgan fingerprint density at radius 2 is 1.96 bits per heavy atom. The van der Waals surface area contributed by atoms with Gasteiger partial charge in [0.1, 0.15) is 11.6 Å². The van der Waals surface area contributed by atoms with Crippen LogP contribution in [0, 0.1) is 10.6 Å². The first-order valence-corrected chi connectivity index (χ1v) is 8.76. The fourth-order valence-electron chi connectivity index (χ4n) is 2.33. The van der Waals surface area contributed by atoms with E-state index in [0.29, 0.717) is 10.5 Å². The number of hydrogen-bond acceptors (Lipinski definition) is 5. The second-order valence-corrected chi connectivity index (χ2v) is 6.10. The van der Waals surface area contributed by atoms with E-state index in [-0.39, 0.29) is 5.56 Å². The zero-order valence-electron chi connectivity index (χ0n) is 14.6. The summed E-state index contributed by atoms with van der Waals surface area (Å²) in [6, 6.07) is 12.0. The van der Waals surface area contributed by atoms with E-state index in [0.717, 1.165) is 24.2 Å². The number of halogens is 1. The van der Waals surface area contributed by atoms with Gasteiger partial charge in [-0.3, -0.25) is 5.10 Å². The molecule has 0 saturated carbocycles. The van der Waals surface area contributed by atoms with E-state index in [1.807, 2.05) is 0 Å². The van der Waals surface area contributed by atoms with Crippen molar-refractivity contribution >= 4 is 24.4 Å². The molecular weight excluding hydrogens is 367 g/mol. The average molecular weight is 384 g/mol. The number of aryl methyl sites for hydroxylation is 1. The van der Waals surface area contributed by atoms with Crippen LogP contribution < -0.4 is 4.74 Å². The lowest BCUT2D eigenvalue weighted by atomic mass is 10.2. The van der Waals surface area contributed by atoms with Crippen LogP contribution in [0.1, 0.15) is 35.1 Å². The van der Waals surface area contributed by atoms with Crippen LogP contribution in [0.25, 0.3) is 0 Å². The molecule has 0 bridgehead atoms. The van der Waals surface area contributed by atoms with Crippen LogP contribution >= 0.6 is 12.2 Å². The molecule has 0 radical (unpaired) electrons. The van der Waals surface area contributed by atoms with Gasteiger partial charge in [0, 0.05) is 6.42 Å². The van der Waals surface area contributed by atoms with E-state index in [2.05, 4.69) is 22.2 Å². The Hall–Kier alpha value is -3.13. The molecule has 0 aliphatic carbocycles. The minimum atomic E-state index is -0.551. The molecule has 0 saturated heterocycles. The first-order chi connectivity index (χ1) is 13.1. The molecule has 0 fully saturated rings. The number of rotatable bonds is 6. The van der Waals surface area contributed by atoms with Crippen molar-refractivity contribution in [2.24, 2.45) is 5.10 Å². The Kier molecular flexibility index (Phi) is 5.87. The van der Waals surface area contributed by atoms with Crippen LogP contribution in [0.5, 0.6) is 5.75 Å². The summed E-state index contributed by atoms with van der Waals surface area (Å²) in [7, 11) is 0. The normalized spacial score (nSPS) is 11.0. The van der Waals surface area contributed by atoms with Gasteiger partial charge in [-0.05, 0) is 72.7 Å². The Morgan fingerprint density at radius 3 is 2.63 bits per heavy atom. The molecule has 3 rings (SSSR count). The molecule has 138 valence electrons. The highest BCUT2D eigenvalue weighted by Crippen LogP contribution is 2.14. The van der Waals surface area contributed by atoms with Gasteiger partial charge < -0.3 is 4.74 Å². The number of nitrogens with zero attached hydrogens (tertiary/aromatic N) is 3. The number of esters is 1. The van der Waals surface area contributed by atoms with Gasteiger partial charge in [-0.25, -0.2) is 9.18 Å². The largest absolute Gasteiger partial charge is 0.423 e. The van der Waals surface area contributed by atoms with Crippen LogP contribution in [-0.2, 0) is 6.42 Å². The summed E-state index contributed by atoms with van der Waals surface area (Å²) >= 11 is 5.18. The van der Waals surface area contributed by atoms with Crippen molar-refractivity contribution in [2.75, 3.05) is 0 Å². The SMILES string of the molecule is CCCc1n[nH]c(=S)n1/N=C\c1ccc(OC(=O)c2ccc(F)cc2)cc1. The number of aromatic nitrogens is 3. The topological polar surface area (TPSA) is 72.3 Å². The van der Waals surface area contributed by atoms with E-state index in [1.54, 1.807) is 35.2 Å². The van der Waals surface area contributed by atoms with Gasteiger partial charge in [0.15, 0.2) is 5.82 Å². The van der Waals surface area contributed by atoms with Crippen molar-refractivity contribution in [3.8, 4) is 5.75 Å². The van der Waals surface area contributed by atoms with E-state index < -0.39 is 11.8 Å². The average Bonchev–Trinajstić information content (AvgIpc) is 3.01. The fraction of sp³-hybridized carbons (Fsp3) is 0.158. The maximum atomic E-state index is 12.9. The highest BCUT2D eigenvalue weighted by molar-refractivity contribution is 7.71.